The van der Waals surface area contributed by atoms with E-state index in [4.69, 9.17) is 5.73 Å². The van der Waals surface area contributed by atoms with Gasteiger partial charge >= 0.3 is 12.4 Å². The number of halogens is 6. The molecule has 0 spiro atoms. The Morgan fingerprint density at radius 1 is 1.15 bits per heavy atom. The minimum Gasteiger partial charge on any atom is -0.330 e. The van der Waals surface area contributed by atoms with E-state index in [-0.39, 0.29) is 17.6 Å². The molecule has 0 aliphatic heterocycles. The summed E-state index contributed by atoms with van der Waals surface area (Å²) in [7, 11) is 0.858. The van der Waals surface area contributed by atoms with Gasteiger partial charge in [0, 0.05) is 12.6 Å². The molecule has 0 aliphatic rings. The Morgan fingerprint density at radius 2 is 1.70 bits per heavy atom. The summed E-state index contributed by atoms with van der Waals surface area (Å²) in [6.07, 6.45) is -9.34. The van der Waals surface area contributed by atoms with E-state index >= 15 is 0 Å². The normalized spacial score (nSPS) is 14.7. The zero-order valence-corrected chi connectivity index (χ0v) is 10.9. The number of aromatic nitrogens is 2. The molecule has 1 unspecified atom stereocenters. The average Bonchev–Trinajstić information content (AvgIpc) is 2.63. The fourth-order valence-electron chi connectivity index (χ4n) is 2.12. The molecule has 116 valence electrons. The molecule has 1 aromatic heterocycles. The lowest BCUT2D eigenvalue weighted by molar-refractivity contribution is -0.145. The predicted molar refractivity (Wildman–Crippen MR) is 59.9 cm³/mol. The number of aryl methyl sites for hydroxylation is 1. The van der Waals surface area contributed by atoms with Crippen LogP contribution in [0.5, 0.6) is 0 Å². The van der Waals surface area contributed by atoms with Crippen LogP contribution >= 0.6 is 0 Å². The molecular formula is C11H15F6N3. The van der Waals surface area contributed by atoms with Gasteiger partial charge in [-0.15, -0.1) is 0 Å². The van der Waals surface area contributed by atoms with Crippen LogP contribution in [-0.2, 0) is 19.4 Å². The third-order valence-electron chi connectivity index (χ3n) is 2.95. The average molecular weight is 303 g/mol. The van der Waals surface area contributed by atoms with Crippen molar-refractivity contribution in [2.24, 2.45) is 12.8 Å². The molecule has 9 heteroatoms. The molecule has 1 atom stereocenters. The van der Waals surface area contributed by atoms with Gasteiger partial charge in [0.05, 0.1) is 0 Å². The summed E-state index contributed by atoms with van der Waals surface area (Å²) < 4.78 is 77.6. The van der Waals surface area contributed by atoms with Crippen molar-refractivity contribution in [1.82, 2.24) is 9.78 Å². The van der Waals surface area contributed by atoms with Crippen molar-refractivity contribution in [2.75, 3.05) is 6.54 Å². The Hall–Kier alpha value is -1.25. The lowest BCUT2D eigenvalue weighted by Gasteiger charge is -2.17. The Labute approximate surface area is 111 Å². The molecule has 1 rings (SSSR count). The van der Waals surface area contributed by atoms with Crippen LogP contribution in [0.25, 0.3) is 0 Å². The second-order valence-corrected chi connectivity index (χ2v) is 4.56. The quantitative estimate of drug-likeness (QED) is 0.867. The van der Waals surface area contributed by atoms with Gasteiger partial charge in [-0.1, -0.05) is 6.92 Å². The van der Waals surface area contributed by atoms with Gasteiger partial charge in [0.15, 0.2) is 5.69 Å². The summed E-state index contributed by atoms with van der Waals surface area (Å²) in [4.78, 5) is 0. The van der Waals surface area contributed by atoms with Crippen LogP contribution in [0.15, 0.2) is 0 Å². The van der Waals surface area contributed by atoms with Crippen molar-refractivity contribution in [1.29, 1.82) is 0 Å². The zero-order valence-electron chi connectivity index (χ0n) is 10.9. The second kappa shape index (κ2) is 5.63. The number of hydrogen-bond donors (Lipinski definition) is 1. The Morgan fingerprint density at radius 3 is 2.10 bits per heavy atom. The van der Waals surface area contributed by atoms with E-state index in [2.05, 4.69) is 5.10 Å². The van der Waals surface area contributed by atoms with E-state index in [1.165, 1.54) is 6.92 Å². The molecule has 1 aromatic rings. The van der Waals surface area contributed by atoms with Crippen LogP contribution in [0.4, 0.5) is 26.3 Å². The Bertz CT molecular complexity index is 460. The topological polar surface area (TPSA) is 43.8 Å². The van der Waals surface area contributed by atoms with E-state index < -0.39 is 35.2 Å². The van der Waals surface area contributed by atoms with Gasteiger partial charge in [-0.05, 0) is 25.3 Å². The number of alkyl halides is 6. The third kappa shape index (κ3) is 3.44. The third-order valence-corrected chi connectivity index (χ3v) is 2.95. The summed E-state index contributed by atoms with van der Waals surface area (Å²) in [6.45, 7) is 1.52. The SMILES string of the molecule is CC(CCCN)c1c(C(F)(F)F)nn(C)c1C(F)(F)F. The monoisotopic (exact) mass is 303 g/mol. The van der Waals surface area contributed by atoms with E-state index in [1.807, 2.05) is 0 Å². The molecule has 0 aromatic carbocycles. The van der Waals surface area contributed by atoms with Crippen molar-refractivity contribution < 1.29 is 26.3 Å². The minimum absolute atomic E-state index is 0.133. The van der Waals surface area contributed by atoms with Crippen molar-refractivity contribution in [3.8, 4) is 0 Å². The molecule has 0 aliphatic carbocycles. The van der Waals surface area contributed by atoms with Crippen LogP contribution in [0.3, 0.4) is 0 Å². The van der Waals surface area contributed by atoms with Crippen molar-refractivity contribution in [3.63, 3.8) is 0 Å². The fourth-order valence-corrected chi connectivity index (χ4v) is 2.12. The van der Waals surface area contributed by atoms with E-state index in [1.54, 1.807) is 0 Å². The molecule has 0 amide bonds. The molecule has 0 bridgehead atoms. The Kier molecular flexibility index (Phi) is 4.73. The molecule has 2 N–H and O–H groups in total. The van der Waals surface area contributed by atoms with Crippen LogP contribution in [0, 0.1) is 0 Å². The molecule has 0 saturated heterocycles. The van der Waals surface area contributed by atoms with Crippen LogP contribution in [-0.4, -0.2) is 16.3 Å². The number of nitrogens with two attached hydrogens (primary N) is 1. The smallest absolute Gasteiger partial charge is 0.330 e. The highest BCUT2D eigenvalue weighted by molar-refractivity contribution is 5.33. The van der Waals surface area contributed by atoms with Gasteiger partial charge in [0.2, 0.25) is 0 Å². The molecule has 1 heterocycles. The Balaban J connectivity index is 3.42. The molecule has 0 radical (unpaired) electrons. The first-order chi connectivity index (χ1) is 9.00. The highest BCUT2D eigenvalue weighted by Gasteiger charge is 2.46. The van der Waals surface area contributed by atoms with Gasteiger partial charge in [-0.3, -0.25) is 4.68 Å². The van der Waals surface area contributed by atoms with E-state index in [9.17, 15) is 26.3 Å². The largest absolute Gasteiger partial charge is 0.435 e. The molecule has 20 heavy (non-hydrogen) atoms. The van der Waals surface area contributed by atoms with Crippen molar-refractivity contribution in [2.45, 2.75) is 38.0 Å². The maximum Gasteiger partial charge on any atom is 0.435 e. The van der Waals surface area contributed by atoms with Gasteiger partial charge in [-0.2, -0.15) is 31.4 Å². The highest BCUT2D eigenvalue weighted by atomic mass is 19.4. The van der Waals surface area contributed by atoms with Crippen molar-refractivity contribution >= 4 is 0 Å². The van der Waals surface area contributed by atoms with Gasteiger partial charge < -0.3 is 5.73 Å². The summed E-state index contributed by atoms with van der Waals surface area (Å²) in [5.74, 6) is -0.930. The van der Waals surface area contributed by atoms with Crippen molar-refractivity contribution in [3.05, 3.63) is 17.0 Å². The van der Waals surface area contributed by atoms with Crippen LogP contribution in [0.1, 0.15) is 42.6 Å². The molecule has 0 saturated carbocycles. The minimum atomic E-state index is -4.92. The standard InChI is InChI=1S/C11H15F6N3/c1-6(4-3-5-18)7-8(10(12,13)14)19-20(2)9(7)11(15,16)17/h6H,3-5,18H2,1-2H3. The fraction of sp³-hybridized carbons (Fsp3) is 0.727. The van der Waals surface area contributed by atoms with Gasteiger partial charge in [0.1, 0.15) is 5.69 Å². The first-order valence-electron chi connectivity index (χ1n) is 5.91. The lowest BCUT2D eigenvalue weighted by Crippen LogP contribution is -2.17. The van der Waals surface area contributed by atoms with Gasteiger partial charge in [0.25, 0.3) is 0 Å². The number of nitrogens with zero attached hydrogens (tertiary/aromatic N) is 2. The molecular weight excluding hydrogens is 288 g/mol. The maximum atomic E-state index is 12.9. The lowest BCUT2D eigenvalue weighted by atomic mass is 9.93. The van der Waals surface area contributed by atoms with Gasteiger partial charge in [-0.25, -0.2) is 0 Å². The summed E-state index contributed by atoms with van der Waals surface area (Å²) in [5, 5.41) is 3.02. The summed E-state index contributed by atoms with van der Waals surface area (Å²) in [5.41, 5.74) is 1.61. The van der Waals surface area contributed by atoms with E-state index in [0.29, 0.717) is 6.42 Å². The van der Waals surface area contributed by atoms with E-state index in [0.717, 1.165) is 7.05 Å². The molecule has 3 nitrogen and oxygen atoms in total. The highest BCUT2D eigenvalue weighted by Crippen LogP contribution is 2.43. The maximum absolute atomic E-state index is 12.9. The van der Waals surface area contributed by atoms with Crippen LogP contribution < -0.4 is 5.73 Å². The zero-order chi connectivity index (χ0) is 15.7. The second-order valence-electron chi connectivity index (χ2n) is 4.56. The molecule has 0 fully saturated rings. The number of hydrogen-bond acceptors (Lipinski definition) is 2. The summed E-state index contributed by atoms with van der Waals surface area (Å²) in [6, 6.07) is 0. The summed E-state index contributed by atoms with van der Waals surface area (Å²) >= 11 is 0. The van der Waals surface area contributed by atoms with Crippen LogP contribution in [0.2, 0.25) is 0 Å². The predicted octanol–water partition coefficient (Wildman–Crippen LogP) is 3.30. The first-order valence-corrected chi connectivity index (χ1v) is 5.91. The number of rotatable bonds is 4. The first kappa shape index (κ1) is 16.8.